The van der Waals surface area contributed by atoms with Gasteiger partial charge >= 0.3 is 5.97 Å². The molecule has 1 aromatic carbocycles. The lowest BCUT2D eigenvalue weighted by molar-refractivity contribution is -0.141. The van der Waals surface area contributed by atoms with Gasteiger partial charge in [-0.15, -0.1) is 0 Å². The molecule has 36 heavy (non-hydrogen) atoms. The van der Waals surface area contributed by atoms with Gasteiger partial charge in [0.15, 0.2) is 0 Å². The van der Waals surface area contributed by atoms with Gasteiger partial charge in [-0.3, -0.25) is 9.59 Å². The molecule has 0 radical (unpaired) electrons. The Morgan fingerprint density at radius 3 is 2.44 bits per heavy atom. The second kappa shape index (κ2) is 12.2. The maximum absolute atomic E-state index is 13.7. The van der Waals surface area contributed by atoms with Crippen LogP contribution in [0, 0.1) is 29.6 Å². The molecular weight excluding hydrogens is 458 g/mol. The van der Waals surface area contributed by atoms with Gasteiger partial charge in [0.25, 0.3) is 0 Å². The smallest absolute Gasteiger partial charge is 0.335 e. The van der Waals surface area contributed by atoms with Crippen LogP contribution in [0.15, 0.2) is 24.3 Å². The van der Waals surface area contributed by atoms with E-state index >= 15 is 0 Å². The highest BCUT2D eigenvalue weighted by atomic mass is 16.5. The molecule has 3 fully saturated rings. The molecule has 2 saturated heterocycles. The average Bonchev–Trinajstić information content (AvgIpc) is 3.31. The molecule has 4 N–H and O–H groups in total. The van der Waals surface area contributed by atoms with E-state index in [-0.39, 0.29) is 29.2 Å². The summed E-state index contributed by atoms with van der Waals surface area (Å²) in [6.07, 6.45) is 7.35. The fraction of sp³-hybridized carbons (Fsp3) is 0.679. The van der Waals surface area contributed by atoms with Crippen LogP contribution in [0.1, 0.15) is 68.6 Å². The van der Waals surface area contributed by atoms with E-state index in [2.05, 4.69) is 12.2 Å². The molecular formula is C28H41N3O5. The van der Waals surface area contributed by atoms with Gasteiger partial charge in [-0.1, -0.05) is 6.92 Å². The molecule has 2 unspecified atom stereocenters. The number of nitrogens with zero attached hydrogens (tertiary/aromatic N) is 1. The molecule has 0 aromatic heterocycles. The molecule has 2 aliphatic heterocycles. The maximum atomic E-state index is 13.7. The number of rotatable bonds is 6. The highest BCUT2D eigenvalue weighted by Gasteiger charge is 2.45. The van der Waals surface area contributed by atoms with Gasteiger partial charge < -0.3 is 25.8 Å². The third kappa shape index (κ3) is 6.27. The number of nitrogens with two attached hydrogens (primary N) is 1. The normalized spacial score (nSPS) is 31.3. The van der Waals surface area contributed by atoms with Crippen molar-refractivity contribution in [1.82, 2.24) is 4.90 Å². The second-order valence-corrected chi connectivity index (χ2v) is 11.0. The Balaban J connectivity index is 1.50. The average molecular weight is 500 g/mol. The predicted molar refractivity (Wildman–Crippen MR) is 137 cm³/mol. The van der Waals surface area contributed by atoms with Crippen LogP contribution in [0.5, 0.6) is 0 Å². The number of nitrogens with one attached hydrogen (secondary N) is 1. The summed E-state index contributed by atoms with van der Waals surface area (Å²) < 4.78 is 5.69. The van der Waals surface area contributed by atoms with Crippen molar-refractivity contribution in [1.29, 1.82) is 0 Å². The lowest BCUT2D eigenvalue weighted by atomic mass is 9.76. The van der Waals surface area contributed by atoms with Gasteiger partial charge in [-0.05, 0) is 106 Å². The van der Waals surface area contributed by atoms with E-state index in [9.17, 15) is 14.4 Å². The summed E-state index contributed by atoms with van der Waals surface area (Å²) in [4.78, 5) is 40.3. The van der Waals surface area contributed by atoms with E-state index in [1.54, 1.807) is 12.1 Å². The quantitative estimate of drug-likeness (QED) is 0.548. The van der Waals surface area contributed by atoms with Gasteiger partial charge in [0.2, 0.25) is 11.8 Å². The van der Waals surface area contributed by atoms with E-state index in [0.717, 1.165) is 58.2 Å². The molecule has 3 aliphatic rings. The van der Waals surface area contributed by atoms with Crippen molar-refractivity contribution >= 4 is 23.5 Å². The minimum Gasteiger partial charge on any atom is -0.478 e. The van der Waals surface area contributed by atoms with Crippen molar-refractivity contribution in [3.63, 3.8) is 0 Å². The summed E-state index contributed by atoms with van der Waals surface area (Å²) in [6, 6.07) is 5.65. The van der Waals surface area contributed by atoms with Crippen molar-refractivity contribution in [3.05, 3.63) is 29.8 Å². The van der Waals surface area contributed by atoms with Gasteiger partial charge in [0.05, 0.1) is 5.56 Å². The zero-order chi connectivity index (χ0) is 25.7. The fourth-order valence-electron chi connectivity index (χ4n) is 6.46. The number of likely N-dealkylation sites (tertiary alicyclic amines) is 1. The Hall–Kier alpha value is -2.45. The maximum Gasteiger partial charge on any atom is 0.335 e. The first kappa shape index (κ1) is 26.6. The standard InChI is InChI=1S/C28H41N3O5/c1-18-12-14-36-13-2-3-24(18)22-15-25(26(32)30-23-10-8-21(9-11-23)28(34)35)31(17-22)27(33)20-6-4-19(16-29)5-7-20/h8-11,18-20,22,24-25H,2-7,12-17,29H2,1H3,(H,30,32)(H,34,35)/t18?,19?,20?,22-,24?,25-/m0/s1. The van der Waals surface area contributed by atoms with Crippen LogP contribution in [0.2, 0.25) is 0 Å². The number of carbonyl (C=O) groups is 3. The zero-order valence-electron chi connectivity index (χ0n) is 21.4. The highest BCUT2D eigenvalue weighted by molar-refractivity contribution is 5.98. The molecule has 4 rings (SSSR count). The first-order valence-electron chi connectivity index (χ1n) is 13.6. The van der Waals surface area contributed by atoms with Crippen LogP contribution in [0.3, 0.4) is 0 Å². The van der Waals surface area contributed by atoms with Gasteiger partial charge in [-0.2, -0.15) is 0 Å². The summed E-state index contributed by atoms with van der Waals surface area (Å²) in [5.74, 6) is 0.593. The summed E-state index contributed by atoms with van der Waals surface area (Å²) in [6.45, 7) is 5.12. The minimum atomic E-state index is -1.01. The van der Waals surface area contributed by atoms with Gasteiger partial charge in [0.1, 0.15) is 6.04 Å². The first-order valence-corrected chi connectivity index (χ1v) is 13.6. The molecule has 0 spiro atoms. The summed E-state index contributed by atoms with van der Waals surface area (Å²) in [7, 11) is 0. The Morgan fingerprint density at radius 1 is 1.06 bits per heavy atom. The number of carbonyl (C=O) groups excluding carboxylic acids is 2. The molecule has 0 bridgehead atoms. The van der Waals surface area contributed by atoms with Crippen LogP contribution >= 0.6 is 0 Å². The third-order valence-corrected chi connectivity index (χ3v) is 8.73. The number of ether oxygens (including phenoxy) is 1. The van der Waals surface area contributed by atoms with E-state index in [1.807, 2.05) is 4.90 Å². The third-order valence-electron chi connectivity index (χ3n) is 8.73. The number of amides is 2. The van der Waals surface area contributed by atoms with Crippen molar-refractivity contribution in [2.75, 3.05) is 31.6 Å². The minimum absolute atomic E-state index is 0.0418. The molecule has 4 atom stereocenters. The number of carboxylic acids is 1. The van der Waals surface area contributed by atoms with Crippen LogP contribution in [0.25, 0.3) is 0 Å². The van der Waals surface area contributed by atoms with Crippen LogP contribution < -0.4 is 11.1 Å². The SMILES string of the molecule is CC1CCOCCCC1[C@H]1C[C@@H](C(=O)Nc2ccc(C(=O)O)cc2)N(C(=O)C2CCC(CN)CC2)C1. The lowest BCUT2D eigenvalue weighted by Gasteiger charge is -2.33. The van der Waals surface area contributed by atoms with E-state index in [1.165, 1.54) is 12.1 Å². The number of aromatic carboxylic acids is 1. The number of hydrogen-bond acceptors (Lipinski definition) is 5. The Bertz CT molecular complexity index is 912. The van der Waals surface area contributed by atoms with Crippen LogP contribution in [0.4, 0.5) is 5.69 Å². The van der Waals surface area contributed by atoms with Crippen molar-refractivity contribution in [2.45, 2.75) is 64.3 Å². The summed E-state index contributed by atoms with van der Waals surface area (Å²) in [5.41, 5.74) is 6.57. The van der Waals surface area contributed by atoms with Crippen LogP contribution in [-0.4, -0.2) is 60.1 Å². The largest absolute Gasteiger partial charge is 0.478 e. The molecule has 1 aromatic rings. The van der Waals surface area contributed by atoms with Crippen molar-refractivity contribution in [2.24, 2.45) is 35.3 Å². The Labute approximate surface area is 213 Å². The lowest BCUT2D eigenvalue weighted by Crippen LogP contribution is -2.46. The van der Waals surface area contributed by atoms with Gasteiger partial charge in [0, 0.05) is 31.4 Å². The highest BCUT2D eigenvalue weighted by Crippen LogP contribution is 2.40. The van der Waals surface area contributed by atoms with E-state index < -0.39 is 12.0 Å². The molecule has 1 saturated carbocycles. The molecule has 1 aliphatic carbocycles. The molecule has 8 heteroatoms. The van der Waals surface area contributed by atoms with E-state index in [0.29, 0.717) is 43.0 Å². The fourth-order valence-corrected chi connectivity index (χ4v) is 6.46. The Kier molecular flexibility index (Phi) is 9.01. The molecule has 2 heterocycles. The topological polar surface area (TPSA) is 122 Å². The zero-order valence-corrected chi connectivity index (χ0v) is 21.4. The number of hydrogen-bond donors (Lipinski definition) is 3. The molecule has 198 valence electrons. The summed E-state index contributed by atoms with van der Waals surface area (Å²) in [5, 5.41) is 12.1. The Morgan fingerprint density at radius 2 is 1.78 bits per heavy atom. The summed E-state index contributed by atoms with van der Waals surface area (Å²) >= 11 is 0. The van der Waals surface area contributed by atoms with Crippen LogP contribution in [-0.2, 0) is 14.3 Å². The number of carboxylic acid groups (broad SMARTS) is 1. The first-order chi connectivity index (χ1) is 17.4. The molecule has 8 nitrogen and oxygen atoms in total. The van der Waals surface area contributed by atoms with Gasteiger partial charge in [-0.25, -0.2) is 4.79 Å². The number of benzene rings is 1. The number of anilines is 1. The van der Waals surface area contributed by atoms with Crippen molar-refractivity contribution < 1.29 is 24.2 Å². The molecule has 2 amide bonds. The monoisotopic (exact) mass is 499 g/mol. The predicted octanol–water partition coefficient (Wildman–Crippen LogP) is 3.76. The second-order valence-electron chi connectivity index (χ2n) is 11.0. The van der Waals surface area contributed by atoms with Crippen molar-refractivity contribution in [3.8, 4) is 0 Å². The van der Waals surface area contributed by atoms with E-state index in [4.69, 9.17) is 15.6 Å².